The fourth-order valence-corrected chi connectivity index (χ4v) is 3.21. The highest BCUT2D eigenvalue weighted by Crippen LogP contribution is 2.24. The summed E-state index contributed by atoms with van der Waals surface area (Å²) in [7, 11) is 0. The third-order valence-electron chi connectivity index (χ3n) is 2.97. The Morgan fingerprint density at radius 2 is 2.33 bits per heavy atom. The number of aromatic hydroxyl groups is 1. The molecule has 1 saturated heterocycles. The largest absolute Gasteiger partial charge is 0.507 e. The molecule has 1 aromatic carbocycles. The third kappa shape index (κ3) is 3.38. The van der Waals surface area contributed by atoms with Gasteiger partial charge in [0.1, 0.15) is 11.6 Å². The molecule has 1 unspecified atom stereocenters. The summed E-state index contributed by atoms with van der Waals surface area (Å²) >= 11 is 1.87. The zero-order valence-corrected chi connectivity index (χ0v) is 10.8. The SMILES string of the molecule is O=C(NCC1CCCCS1)c1ccc(F)cc1O. The number of hydrogen-bond acceptors (Lipinski definition) is 3. The lowest BCUT2D eigenvalue weighted by Gasteiger charge is -2.21. The number of carbonyl (C=O) groups excluding carboxylic acids is 1. The highest BCUT2D eigenvalue weighted by atomic mass is 32.2. The monoisotopic (exact) mass is 269 g/mol. The zero-order valence-electron chi connectivity index (χ0n) is 9.99. The summed E-state index contributed by atoms with van der Waals surface area (Å²) in [5, 5.41) is 12.7. The Hall–Kier alpha value is -1.23. The van der Waals surface area contributed by atoms with E-state index in [9.17, 15) is 14.3 Å². The van der Waals surface area contributed by atoms with Crippen LogP contribution in [0.25, 0.3) is 0 Å². The Kier molecular flexibility index (Phi) is 4.47. The molecule has 18 heavy (non-hydrogen) atoms. The fourth-order valence-electron chi connectivity index (χ4n) is 1.97. The van der Waals surface area contributed by atoms with E-state index in [1.54, 1.807) is 0 Å². The zero-order chi connectivity index (χ0) is 13.0. The van der Waals surface area contributed by atoms with E-state index in [0.717, 1.165) is 18.2 Å². The van der Waals surface area contributed by atoms with Crippen LogP contribution >= 0.6 is 11.8 Å². The first-order valence-corrected chi connectivity index (χ1v) is 7.10. The molecule has 2 rings (SSSR count). The molecule has 0 bridgehead atoms. The van der Waals surface area contributed by atoms with Gasteiger partial charge < -0.3 is 10.4 Å². The van der Waals surface area contributed by atoms with Gasteiger partial charge in [0.05, 0.1) is 5.56 Å². The van der Waals surface area contributed by atoms with Crippen molar-refractivity contribution in [2.45, 2.75) is 24.5 Å². The second kappa shape index (κ2) is 6.09. The highest BCUT2D eigenvalue weighted by molar-refractivity contribution is 7.99. The number of phenolic OH excluding ortho intramolecular Hbond substituents is 1. The molecule has 0 aromatic heterocycles. The number of carbonyl (C=O) groups is 1. The van der Waals surface area contributed by atoms with Gasteiger partial charge in [-0.2, -0.15) is 11.8 Å². The Morgan fingerprint density at radius 1 is 1.50 bits per heavy atom. The molecule has 0 saturated carbocycles. The lowest BCUT2D eigenvalue weighted by molar-refractivity contribution is 0.0950. The number of halogens is 1. The summed E-state index contributed by atoms with van der Waals surface area (Å²) in [5.41, 5.74) is 0.122. The van der Waals surface area contributed by atoms with Gasteiger partial charge in [0.25, 0.3) is 5.91 Å². The quantitative estimate of drug-likeness (QED) is 0.886. The first-order valence-electron chi connectivity index (χ1n) is 6.05. The Morgan fingerprint density at radius 3 is 3.00 bits per heavy atom. The van der Waals surface area contributed by atoms with Crippen molar-refractivity contribution in [2.24, 2.45) is 0 Å². The molecule has 2 N–H and O–H groups in total. The second-order valence-corrected chi connectivity index (χ2v) is 5.77. The minimum absolute atomic E-state index is 0.122. The summed E-state index contributed by atoms with van der Waals surface area (Å²) in [5.74, 6) is -0.0724. The Balaban J connectivity index is 1.90. The number of thioether (sulfide) groups is 1. The molecular formula is C13H16FNO2S. The second-order valence-electron chi connectivity index (χ2n) is 4.36. The first kappa shape index (κ1) is 13.2. The topological polar surface area (TPSA) is 49.3 Å². The van der Waals surface area contributed by atoms with Crippen LogP contribution in [0.15, 0.2) is 18.2 Å². The standard InChI is InChI=1S/C13H16FNO2S/c14-9-4-5-11(12(16)7-9)13(17)15-8-10-3-1-2-6-18-10/h4-5,7,10,16H,1-3,6,8H2,(H,15,17). The molecule has 1 atom stereocenters. The van der Waals surface area contributed by atoms with Crippen LogP contribution in [-0.2, 0) is 0 Å². The maximum Gasteiger partial charge on any atom is 0.255 e. The van der Waals surface area contributed by atoms with Gasteiger partial charge in [0, 0.05) is 17.9 Å². The van der Waals surface area contributed by atoms with E-state index in [0.29, 0.717) is 11.8 Å². The van der Waals surface area contributed by atoms with Gasteiger partial charge in [-0.25, -0.2) is 4.39 Å². The smallest absolute Gasteiger partial charge is 0.255 e. The average Bonchev–Trinajstić information content (AvgIpc) is 2.37. The Bertz CT molecular complexity index is 433. The summed E-state index contributed by atoms with van der Waals surface area (Å²) in [4.78, 5) is 11.8. The molecule has 1 heterocycles. The predicted molar refractivity (Wildman–Crippen MR) is 70.5 cm³/mol. The molecule has 98 valence electrons. The molecule has 0 radical (unpaired) electrons. The van der Waals surface area contributed by atoms with Gasteiger partial charge in [0.2, 0.25) is 0 Å². The summed E-state index contributed by atoms with van der Waals surface area (Å²) < 4.78 is 12.8. The van der Waals surface area contributed by atoms with Crippen molar-refractivity contribution in [3.05, 3.63) is 29.6 Å². The summed E-state index contributed by atoms with van der Waals surface area (Å²) in [6.45, 7) is 0.598. The van der Waals surface area contributed by atoms with E-state index in [-0.39, 0.29) is 17.2 Å². The highest BCUT2D eigenvalue weighted by Gasteiger charge is 2.16. The van der Waals surface area contributed by atoms with Gasteiger partial charge in [-0.05, 0) is 30.7 Å². The number of rotatable bonds is 3. The van der Waals surface area contributed by atoms with Crippen molar-refractivity contribution in [1.82, 2.24) is 5.32 Å². The van der Waals surface area contributed by atoms with Crippen LogP contribution in [-0.4, -0.2) is 28.6 Å². The van der Waals surface area contributed by atoms with Crippen LogP contribution in [0.3, 0.4) is 0 Å². The minimum atomic E-state index is -0.549. The van der Waals surface area contributed by atoms with Gasteiger partial charge >= 0.3 is 0 Å². The number of hydrogen-bond donors (Lipinski definition) is 2. The lowest BCUT2D eigenvalue weighted by atomic mass is 10.1. The molecule has 1 aliphatic heterocycles. The fraction of sp³-hybridized carbons (Fsp3) is 0.462. The molecule has 0 spiro atoms. The summed E-state index contributed by atoms with van der Waals surface area (Å²) in [6.07, 6.45) is 3.56. The van der Waals surface area contributed by atoms with E-state index in [2.05, 4.69) is 5.32 Å². The van der Waals surface area contributed by atoms with E-state index in [1.807, 2.05) is 11.8 Å². The van der Waals surface area contributed by atoms with Crippen LogP contribution < -0.4 is 5.32 Å². The number of amides is 1. The Labute approximate surface area is 110 Å². The maximum absolute atomic E-state index is 12.8. The van der Waals surface area contributed by atoms with Gasteiger partial charge in [-0.1, -0.05) is 6.42 Å². The van der Waals surface area contributed by atoms with E-state index in [1.165, 1.54) is 25.0 Å². The molecule has 3 nitrogen and oxygen atoms in total. The molecule has 1 aromatic rings. The lowest BCUT2D eigenvalue weighted by Crippen LogP contribution is -2.31. The number of phenols is 1. The normalized spacial score (nSPS) is 19.5. The number of nitrogens with one attached hydrogen (secondary N) is 1. The first-order chi connectivity index (χ1) is 8.66. The van der Waals surface area contributed by atoms with Crippen molar-refractivity contribution in [2.75, 3.05) is 12.3 Å². The van der Waals surface area contributed by atoms with Crippen LogP contribution in [0.2, 0.25) is 0 Å². The maximum atomic E-state index is 12.8. The predicted octanol–water partition coefficient (Wildman–Crippen LogP) is 2.55. The average molecular weight is 269 g/mol. The molecule has 1 aliphatic rings. The van der Waals surface area contributed by atoms with Crippen LogP contribution in [0, 0.1) is 5.82 Å². The van der Waals surface area contributed by atoms with Crippen molar-refractivity contribution >= 4 is 17.7 Å². The molecule has 1 amide bonds. The van der Waals surface area contributed by atoms with Crippen molar-refractivity contribution in [1.29, 1.82) is 0 Å². The van der Waals surface area contributed by atoms with Gasteiger partial charge in [-0.3, -0.25) is 4.79 Å². The van der Waals surface area contributed by atoms with Crippen molar-refractivity contribution in [3.8, 4) is 5.75 Å². The van der Waals surface area contributed by atoms with Crippen molar-refractivity contribution < 1.29 is 14.3 Å². The molecule has 0 aliphatic carbocycles. The van der Waals surface area contributed by atoms with Gasteiger partial charge in [0.15, 0.2) is 0 Å². The van der Waals surface area contributed by atoms with Crippen LogP contribution in [0.1, 0.15) is 29.6 Å². The summed E-state index contributed by atoms with van der Waals surface area (Å²) in [6, 6.07) is 3.42. The van der Waals surface area contributed by atoms with E-state index in [4.69, 9.17) is 0 Å². The third-order valence-corrected chi connectivity index (χ3v) is 4.37. The van der Waals surface area contributed by atoms with Crippen LogP contribution in [0.5, 0.6) is 5.75 Å². The number of benzene rings is 1. The molecular weight excluding hydrogens is 253 g/mol. The van der Waals surface area contributed by atoms with Crippen LogP contribution in [0.4, 0.5) is 4.39 Å². The minimum Gasteiger partial charge on any atom is -0.507 e. The molecule has 1 fully saturated rings. The van der Waals surface area contributed by atoms with E-state index < -0.39 is 5.82 Å². The van der Waals surface area contributed by atoms with Crippen molar-refractivity contribution in [3.63, 3.8) is 0 Å². The molecule has 5 heteroatoms. The van der Waals surface area contributed by atoms with E-state index >= 15 is 0 Å². The van der Waals surface area contributed by atoms with Gasteiger partial charge in [-0.15, -0.1) is 0 Å².